The van der Waals surface area contributed by atoms with Gasteiger partial charge in [0.15, 0.2) is 0 Å². The van der Waals surface area contributed by atoms with E-state index >= 15 is 0 Å². The quantitative estimate of drug-likeness (QED) is 0.186. The Balaban J connectivity index is 2.36. The maximum Gasteiger partial charge on any atom is 0.253 e. The topological polar surface area (TPSA) is 139 Å². The van der Waals surface area contributed by atoms with Crippen LogP contribution in [-0.4, -0.2) is 84.4 Å². The first-order valence-electron chi connectivity index (χ1n) is 13.7. The molecule has 0 radical (unpaired) electrons. The summed E-state index contributed by atoms with van der Waals surface area (Å²) in [4.78, 5) is 30.9. The standard InChI is InChI=1S/C30H42N4O6S/c1-7-14-34(15-8-2)30(38)25-17-22(9-3)16-24(19-25)29(37)31-27(18-23-10-12-26(35)13-11-23)28(36)20-33(6)32-41(39,40)21(4)5/h3,10-13,16-17,19,21,27-28,32,35-36H,7-8,14-15,18,20H2,1-2,4-6H3,(H,31,37). The number of hydrogen-bond donors (Lipinski definition) is 4. The van der Waals surface area contributed by atoms with Crippen molar-refractivity contribution < 1.29 is 28.2 Å². The molecule has 11 heteroatoms. The van der Waals surface area contributed by atoms with E-state index in [0.717, 1.165) is 18.4 Å². The van der Waals surface area contributed by atoms with Crippen LogP contribution in [0.2, 0.25) is 0 Å². The number of phenols is 1. The molecule has 0 aromatic heterocycles. The molecule has 0 bridgehead atoms. The van der Waals surface area contributed by atoms with E-state index in [1.165, 1.54) is 50.2 Å². The van der Waals surface area contributed by atoms with E-state index in [2.05, 4.69) is 16.1 Å². The molecule has 0 heterocycles. The van der Waals surface area contributed by atoms with Crippen molar-refractivity contribution in [3.63, 3.8) is 0 Å². The van der Waals surface area contributed by atoms with E-state index in [0.29, 0.717) is 24.2 Å². The molecule has 2 atom stereocenters. The summed E-state index contributed by atoms with van der Waals surface area (Å²) in [7, 11) is -2.16. The summed E-state index contributed by atoms with van der Waals surface area (Å²) < 4.78 is 24.6. The largest absolute Gasteiger partial charge is 0.508 e. The Morgan fingerprint density at radius 3 is 2.15 bits per heavy atom. The zero-order valence-corrected chi connectivity index (χ0v) is 25.2. The van der Waals surface area contributed by atoms with Gasteiger partial charge in [0.2, 0.25) is 10.0 Å². The molecule has 2 unspecified atom stereocenters. The van der Waals surface area contributed by atoms with Crippen LogP contribution in [0.5, 0.6) is 5.75 Å². The highest BCUT2D eigenvalue weighted by atomic mass is 32.2. The van der Waals surface area contributed by atoms with Crippen LogP contribution in [0.4, 0.5) is 0 Å². The number of likely N-dealkylation sites (N-methyl/N-ethyl adjacent to an activating group) is 1. The van der Waals surface area contributed by atoms with E-state index in [1.807, 2.05) is 13.8 Å². The number of terminal acetylenes is 1. The van der Waals surface area contributed by atoms with Crippen molar-refractivity contribution in [1.29, 1.82) is 0 Å². The molecular weight excluding hydrogens is 544 g/mol. The minimum atomic E-state index is -3.64. The van der Waals surface area contributed by atoms with Crippen molar-refractivity contribution in [2.75, 3.05) is 26.7 Å². The summed E-state index contributed by atoms with van der Waals surface area (Å²) in [5, 5.41) is 24.2. The number of carbonyl (C=O) groups is 2. The zero-order chi connectivity index (χ0) is 30.7. The maximum atomic E-state index is 13.5. The Hall–Kier alpha value is -3.43. The number of rotatable bonds is 15. The highest BCUT2D eigenvalue weighted by molar-refractivity contribution is 7.90. The molecule has 2 aromatic rings. The number of hydrazine groups is 1. The predicted octanol–water partition coefficient (Wildman–Crippen LogP) is 2.51. The fourth-order valence-electron chi connectivity index (χ4n) is 4.19. The molecule has 2 amide bonds. The lowest BCUT2D eigenvalue weighted by Gasteiger charge is -2.29. The van der Waals surface area contributed by atoms with E-state index in [4.69, 9.17) is 6.42 Å². The molecule has 0 saturated carbocycles. The Labute approximate surface area is 243 Å². The maximum absolute atomic E-state index is 13.5. The molecule has 0 aliphatic rings. The number of nitrogens with one attached hydrogen (secondary N) is 2. The van der Waals surface area contributed by atoms with Gasteiger partial charge in [-0.05, 0) is 69.0 Å². The van der Waals surface area contributed by atoms with Gasteiger partial charge in [-0.25, -0.2) is 13.4 Å². The van der Waals surface area contributed by atoms with Crippen molar-refractivity contribution in [2.45, 2.75) is 64.4 Å². The van der Waals surface area contributed by atoms with Gasteiger partial charge in [0.25, 0.3) is 11.8 Å². The van der Waals surface area contributed by atoms with Gasteiger partial charge in [0.05, 0.1) is 17.4 Å². The second-order valence-electron chi connectivity index (χ2n) is 10.3. The molecule has 0 aliphatic heterocycles. The second kappa shape index (κ2) is 15.5. The number of aliphatic hydroxyl groups is 1. The molecule has 0 aliphatic carbocycles. The van der Waals surface area contributed by atoms with Crippen LogP contribution in [0, 0.1) is 12.3 Å². The molecule has 4 N–H and O–H groups in total. The first kappa shape index (κ1) is 33.8. The van der Waals surface area contributed by atoms with Crippen molar-refractivity contribution in [2.24, 2.45) is 0 Å². The third-order valence-corrected chi connectivity index (χ3v) is 8.23. The fraction of sp³-hybridized carbons (Fsp3) is 0.467. The van der Waals surface area contributed by atoms with E-state index < -0.39 is 33.3 Å². The minimum absolute atomic E-state index is 0.0706. The van der Waals surface area contributed by atoms with Crippen LogP contribution in [-0.2, 0) is 16.4 Å². The highest BCUT2D eigenvalue weighted by Gasteiger charge is 2.27. The van der Waals surface area contributed by atoms with Crippen LogP contribution < -0.4 is 10.1 Å². The summed E-state index contributed by atoms with van der Waals surface area (Å²) in [5.74, 6) is 1.80. The molecule has 10 nitrogen and oxygen atoms in total. The van der Waals surface area contributed by atoms with Gasteiger partial charge < -0.3 is 20.4 Å². The SMILES string of the molecule is C#Cc1cc(C(=O)NC(Cc2ccc(O)cc2)C(O)CN(C)NS(=O)(=O)C(C)C)cc(C(=O)N(CCC)CCC)c1. The number of benzene rings is 2. The zero-order valence-electron chi connectivity index (χ0n) is 24.4. The molecule has 0 saturated heterocycles. The Kier molecular flexibility index (Phi) is 12.8. The molecule has 2 aromatic carbocycles. The molecule has 41 heavy (non-hydrogen) atoms. The van der Waals surface area contributed by atoms with Crippen molar-refractivity contribution in [3.05, 3.63) is 64.7 Å². The minimum Gasteiger partial charge on any atom is -0.508 e. The third kappa shape index (κ3) is 10.2. The number of carbonyl (C=O) groups excluding carboxylic acids is 2. The Morgan fingerprint density at radius 1 is 1.02 bits per heavy atom. The highest BCUT2D eigenvalue weighted by Crippen LogP contribution is 2.16. The van der Waals surface area contributed by atoms with Gasteiger partial charge in [-0.2, -0.15) is 0 Å². The lowest BCUT2D eigenvalue weighted by molar-refractivity contribution is 0.0687. The van der Waals surface area contributed by atoms with Crippen molar-refractivity contribution in [3.8, 4) is 18.1 Å². The van der Waals surface area contributed by atoms with Crippen LogP contribution in [0.15, 0.2) is 42.5 Å². The van der Waals surface area contributed by atoms with Crippen molar-refractivity contribution >= 4 is 21.8 Å². The van der Waals surface area contributed by atoms with Gasteiger partial charge in [0, 0.05) is 43.4 Å². The Morgan fingerprint density at radius 2 is 1.61 bits per heavy atom. The van der Waals surface area contributed by atoms with Gasteiger partial charge in [-0.1, -0.05) is 31.9 Å². The van der Waals surface area contributed by atoms with Crippen LogP contribution in [0.25, 0.3) is 0 Å². The summed E-state index contributed by atoms with van der Waals surface area (Å²) in [6, 6.07) is 10.0. The molecule has 2 rings (SSSR count). The number of hydrogen-bond acceptors (Lipinski definition) is 7. The summed E-state index contributed by atoms with van der Waals surface area (Å²) in [6.45, 7) is 8.05. The molecule has 0 fully saturated rings. The number of nitrogens with zero attached hydrogens (tertiary/aromatic N) is 2. The van der Waals surface area contributed by atoms with E-state index in [1.54, 1.807) is 23.1 Å². The van der Waals surface area contributed by atoms with Crippen LogP contribution in [0.1, 0.15) is 72.4 Å². The average Bonchev–Trinajstić information content (AvgIpc) is 2.92. The van der Waals surface area contributed by atoms with Gasteiger partial charge >= 0.3 is 0 Å². The molecule has 224 valence electrons. The van der Waals surface area contributed by atoms with E-state index in [-0.39, 0.29) is 30.2 Å². The van der Waals surface area contributed by atoms with E-state index in [9.17, 15) is 28.2 Å². The fourth-order valence-corrected chi connectivity index (χ4v) is 4.91. The summed E-state index contributed by atoms with van der Waals surface area (Å²) in [5.41, 5.74) is 1.55. The monoisotopic (exact) mass is 586 g/mol. The predicted molar refractivity (Wildman–Crippen MR) is 160 cm³/mol. The lowest BCUT2D eigenvalue weighted by Crippen LogP contribution is -2.52. The van der Waals surface area contributed by atoms with Gasteiger partial charge in [-0.15, -0.1) is 11.3 Å². The first-order chi connectivity index (χ1) is 19.3. The lowest BCUT2D eigenvalue weighted by atomic mass is 9.99. The van der Waals surface area contributed by atoms with Gasteiger partial charge in [-0.3, -0.25) is 9.59 Å². The molecule has 0 spiro atoms. The van der Waals surface area contributed by atoms with Crippen LogP contribution in [0.3, 0.4) is 0 Å². The average molecular weight is 587 g/mol. The second-order valence-corrected chi connectivity index (χ2v) is 12.5. The smallest absolute Gasteiger partial charge is 0.253 e. The number of aliphatic hydroxyl groups excluding tert-OH is 1. The number of phenolic OH excluding ortho intramolecular Hbond substituents is 1. The number of sulfonamides is 1. The van der Waals surface area contributed by atoms with Crippen LogP contribution >= 0.6 is 0 Å². The first-order valence-corrected chi connectivity index (χ1v) is 15.3. The van der Waals surface area contributed by atoms with Crippen molar-refractivity contribution in [1.82, 2.24) is 20.1 Å². The number of amides is 2. The molecular formula is C30H42N4O6S. The normalized spacial score (nSPS) is 13.0. The Bertz CT molecular complexity index is 1320. The number of aromatic hydroxyl groups is 1. The third-order valence-electron chi connectivity index (χ3n) is 6.42. The van der Waals surface area contributed by atoms with Gasteiger partial charge in [0.1, 0.15) is 5.75 Å². The summed E-state index contributed by atoms with van der Waals surface area (Å²) >= 11 is 0. The summed E-state index contributed by atoms with van der Waals surface area (Å²) in [6.07, 6.45) is 6.19.